The molecule has 0 saturated carbocycles. The van der Waals surface area contributed by atoms with E-state index >= 15 is 0 Å². The summed E-state index contributed by atoms with van der Waals surface area (Å²) in [6.07, 6.45) is 2.03. The second-order valence-corrected chi connectivity index (χ2v) is 5.56. The molecule has 0 aromatic heterocycles. The van der Waals surface area contributed by atoms with E-state index in [1.807, 2.05) is 7.05 Å². The third-order valence-electron chi connectivity index (χ3n) is 4.28. The topological polar surface area (TPSA) is 77.9 Å². The van der Waals surface area contributed by atoms with Gasteiger partial charge < -0.3 is 10.0 Å². The fourth-order valence-electron chi connectivity index (χ4n) is 3.01. The molecule has 1 aromatic rings. The van der Waals surface area contributed by atoms with E-state index in [1.54, 1.807) is 0 Å². The van der Waals surface area contributed by atoms with Crippen LogP contribution in [0.4, 0.5) is 0 Å². The van der Waals surface area contributed by atoms with Gasteiger partial charge in [0, 0.05) is 12.6 Å². The predicted octanol–water partition coefficient (Wildman–Crippen LogP) is 1.08. The molecule has 1 N–H and O–H groups in total. The Bertz CT molecular complexity index is 641. The standard InChI is InChI=1S/C15H16N2O4/c1-16-6-2-3-10(16)8-17-13(18)11-5-4-9(15(20)21)7-12(11)14(17)19/h4-5,7,10H,2-3,6,8H2,1H3,(H,20,21). The van der Waals surface area contributed by atoms with Gasteiger partial charge in [-0.2, -0.15) is 0 Å². The molecule has 1 unspecified atom stereocenters. The van der Waals surface area contributed by atoms with Crippen LogP contribution in [-0.2, 0) is 0 Å². The molecule has 1 fully saturated rings. The number of likely N-dealkylation sites (tertiary alicyclic amines) is 1. The van der Waals surface area contributed by atoms with Crippen molar-refractivity contribution in [2.75, 3.05) is 20.1 Å². The number of benzene rings is 1. The molecule has 1 atom stereocenters. The Balaban J connectivity index is 1.88. The largest absolute Gasteiger partial charge is 0.478 e. The molecule has 1 aromatic carbocycles. The number of nitrogens with zero attached hydrogens (tertiary/aromatic N) is 2. The monoisotopic (exact) mass is 288 g/mol. The lowest BCUT2D eigenvalue weighted by Gasteiger charge is -2.24. The summed E-state index contributed by atoms with van der Waals surface area (Å²) < 4.78 is 0. The average Bonchev–Trinajstić information content (AvgIpc) is 2.96. The first-order chi connectivity index (χ1) is 9.99. The Morgan fingerprint density at radius 1 is 1.29 bits per heavy atom. The zero-order chi connectivity index (χ0) is 15.1. The molecule has 1 saturated heterocycles. The van der Waals surface area contributed by atoms with Crippen LogP contribution >= 0.6 is 0 Å². The van der Waals surface area contributed by atoms with Crippen molar-refractivity contribution in [3.63, 3.8) is 0 Å². The van der Waals surface area contributed by atoms with Crippen molar-refractivity contribution in [2.24, 2.45) is 0 Å². The molecular weight excluding hydrogens is 272 g/mol. The summed E-state index contributed by atoms with van der Waals surface area (Å²) in [5.74, 6) is -1.82. The molecule has 0 aliphatic carbocycles. The fraction of sp³-hybridized carbons (Fsp3) is 0.400. The Morgan fingerprint density at radius 2 is 2.00 bits per heavy atom. The number of rotatable bonds is 3. The summed E-state index contributed by atoms with van der Waals surface area (Å²) in [5.41, 5.74) is 0.515. The van der Waals surface area contributed by atoms with Gasteiger partial charge in [0.2, 0.25) is 0 Å². The van der Waals surface area contributed by atoms with Gasteiger partial charge in [0.1, 0.15) is 0 Å². The molecule has 0 bridgehead atoms. The van der Waals surface area contributed by atoms with Crippen molar-refractivity contribution in [1.82, 2.24) is 9.80 Å². The quantitative estimate of drug-likeness (QED) is 0.842. The summed E-state index contributed by atoms with van der Waals surface area (Å²) in [4.78, 5) is 39.1. The minimum Gasteiger partial charge on any atom is -0.478 e. The highest BCUT2D eigenvalue weighted by Crippen LogP contribution is 2.26. The zero-order valence-electron chi connectivity index (χ0n) is 11.7. The summed E-state index contributed by atoms with van der Waals surface area (Å²) in [6, 6.07) is 4.26. The molecule has 110 valence electrons. The molecule has 3 rings (SSSR count). The maximum atomic E-state index is 12.4. The van der Waals surface area contributed by atoms with Gasteiger partial charge in [-0.3, -0.25) is 14.5 Å². The van der Waals surface area contributed by atoms with E-state index in [4.69, 9.17) is 5.11 Å². The first-order valence-electron chi connectivity index (χ1n) is 6.93. The molecule has 2 heterocycles. The minimum absolute atomic E-state index is 0.0229. The number of fused-ring (bicyclic) bond motifs is 1. The minimum atomic E-state index is -1.10. The van der Waals surface area contributed by atoms with Gasteiger partial charge in [-0.05, 0) is 44.6 Å². The van der Waals surface area contributed by atoms with Crippen LogP contribution in [0.1, 0.15) is 43.9 Å². The molecular formula is C15H16N2O4. The highest BCUT2D eigenvalue weighted by molar-refractivity contribution is 6.21. The van der Waals surface area contributed by atoms with Crippen LogP contribution in [0.15, 0.2) is 18.2 Å². The Labute approximate surface area is 122 Å². The Kier molecular flexibility index (Phi) is 3.25. The maximum absolute atomic E-state index is 12.4. The fourth-order valence-corrected chi connectivity index (χ4v) is 3.01. The van der Waals surface area contributed by atoms with E-state index in [0.717, 1.165) is 19.4 Å². The predicted molar refractivity (Wildman–Crippen MR) is 74.4 cm³/mol. The zero-order valence-corrected chi connectivity index (χ0v) is 11.7. The second-order valence-electron chi connectivity index (χ2n) is 5.56. The van der Waals surface area contributed by atoms with E-state index < -0.39 is 11.9 Å². The molecule has 0 spiro atoms. The van der Waals surface area contributed by atoms with Crippen LogP contribution in [0, 0.1) is 0 Å². The Hall–Kier alpha value is -2.21. The van der Waals surface area contributed by atoms with Crippen molar-refractivity contribution in [2.45, 2.75) is 18.9 Å². The van der Waals surface area contributed by atoms with Crippen LogP contribution in [0.2, 0.25) is 0 Å². The number of imide groups is 1. The Morgan fingerprint density at radius 3 is 2.62 bits per heavy atom. The summed E-state index contributed by atoms with van der Waals surface area (Å²) in [7, 11) is 1.98. The van der Waals surface area contributed by atoms with Crippen LogP contribution in [-0.4, -0.2) is 58.9 Å². The highest BCUT2D eigenvalue weighted by atomic mass is 16.4. The smallest absolute Gasteiger partial charge is 0.335 e. The summed E-state index contributed by atoms with van der Waals surface area (Å²) >= 11 is 0. The van der Waals surface area contributed by atoms with Crippen LogP contribution in [0.5, 0.6) is 0 Å². The van der Waals surface area contributed by atoms with E-state index in [-0.39, 0.29) is 23.1 Å². The van der Waals surface area contributed by atoms with Crippen LogP contribution < -0.4 is 0 Å². The normalized spacial score (nSPS) is 22.0. The van der Waals surface area contributed by atoms with E-state index in [2.05, 4.69) is 4.90 Å². The van der Waals surface area contributed by atoms with Gasteiger partial charge in [-0.25, -0.2) is 4.79 Å². The van der Waals surface area contributed by atoms with Crippen molar-refractivity contribution < 1.29 is 19.5 Å². The lowest BCUT2D eigenvalue weighted by atomic mass is 10.1. The molecule has 6 nitrogen and oxygen atoms in total. The number of aromatic carboxylic acids is 1. The number of carboxylic acids is 1. The summed E-state index contributed by atoms with van der Waals surface area (Å²) in [5, 5.41) is 8.98. The molecule has 2 aliphatic heterocycles. The van der Waals surface area contributed by atoms with Crippen LogP contribution in [0.25, 0.3) is 0 Å². The number of carboxylic acid groups (broad SMARTS) is 1. The number of carbonyl (C=O) groups is 3. The number of likely N-dealkylation sites (N-methyl/N-ethyl adjacent to an activating group) is 1. The first-order valence-corrected chi connectivity index (χ1v) is 6.93. The van der Waals surface area contributed by atoms with Gasteiger partial charge in [0.05, 0.1) is 16.7 Å². The third kappa shape index (κ3) is 2.21. The SMILES string of the molecule is CN1CCCC1CN1C(=O)c2ccc(C(=O)O)cc2C1=O. The van der Waals surface area contributed by atoms with Crippen molar-refractivity contribution >= 4 is 17.8 Å². The molecule has 6 heteroatoms. The van der Waals surface area contributed by atoms with Gasteiger partial charge in [-0.1, -0.05) is 0 Å². The van der Waals surface area contributed by atoms with Crippen molar-refractivity contribution in [3.8, 4) is 0 Å². The lowest BCUT2D eigenvalue weighted by molar-refractivity contribution is 0.0617. The number of hydrogen-bond acceptors (Lipinski definition) is 4. The number of amides is 2. The van der Waals surface area contributed by atoms with E-state index in [0.29, 0.717) is 12.1 Å². The van der Waals surface area contributed by atoms with Crippen molar-refractivity contribution in [1.29, 1.82) is 0 Å². The second kappa shape index (κ2) is 4.96. The van der Waals surface area contributed by atoms with Gasteiger partial charge in [0.25, 0.3) is 11.8 Å². The average molecular weight is 288 g/mol. The van der Waals surface area contributed by atoms with Gasteiger partial charge in [-0.15, -0.1) is 0 Å². The molecule has 0 radical (unpaired) electrons. The van der Waals surface area contributed by atoms with Crippen molar-refractivity contribution in [3.05, 3.63) is 34.9 Å². The summed E-state index contributed by atoms with van der Waals surface area (Å²) in [6.45, 7) is 1.34. The number of hydrogen-bond donors (Lipinski definition) is 1. The molecule has 21 heavy (non-hydrogen) atoms. The van der Waals surface area contributed by atoms with Crippen LogP contribution in [0.3, 0.4) is 0 Å². The van der Waals surface area contributed by atoms with E-state index in [1.165, 1.54) is 23.1 Å². The van der Waals surface area contributed by atoms with E-state index in [9.17, 15) is 14.4 Å². The van der Waals surface area contributed by atoms with Gasteiger partial charge >= 0.3 is 5.97 Å². The highest BCUT2D eigenvalue weighted by Gasteiger charge is 2.38. The lowest BCUT2D eigenvalue weighted by Crippen LogP contribution is -2.41. The first kappa shape index (κ1) is 13.8. The molecule has 2 aliphatic rings. The third-order valence-corrected chi connectivity index (χ3v) is 4.28. The number of carbonyl (C=O) groups excluding carboxylic acids is 2. The maximum Gasteiger partial charge on any atom is 0.335 e. The van der Waals surface area contributed by atoms with Gasteiger partial charge in [0.15, 0.2) is 0 Å². The molecule has 2 amide bonds.